The van der Waals surface area contributed by atoms with E-state index >= 15 is 0 Å². The van der Waals surface area contributed by atoms with Crippen LogP contribution in [0.4, 0.5) is 4.79 Å². The normalized spacial score (nSPS) is 11.6. The van der Waals surface area contributed by atoms with E-state index in [2.05, 4.69) is 14.8 Å². The fourth-order valence-electron chi connectivity index (χ4n) is 0.594. The number of nitrogens with one attached hydrogen (secondary N) is 1. The van der Waals surface area contributed by atoms with Crippen LogP contribution in [0.2, 0.25) is 0 Å². The summed E-state index contributed by atoms with van der Waals surface area (Å²) in [5, 5.41) is 2.25. The topological polar surface area (TPSA) is 64.6 Å². The maximum atomic E-state index is 11.0. The zero-order valence-corrected chi connectivity index (χ0v) is 8.26. The molecular weight excluding hydrogens is 198 g/mol. The second-order valence-corrected chi connectivity index (χ2v) is 2.38. The van der Waals surface area contributed by atoms with E-state index in [4.69, 9.17) is 11.6 Å². The van der Waals surface area contributed by atoms with Crippen molar-refractivity contribution in [3.8, 4) is 0 Å². The van der Waals surface area contributed by atoms with Crippen LogP contribution in [0.1, 0.15) is 13.8 Å². The highest BCUT2D eigenvalue weighted by atomic mass is 35.5. The van der Waals surface area contributed by atoms with E-state index in [1.54, 1.807) is 6.92 Å². The Balaban J connectivity index is 3.78. The van der Waals surface area contributed by atoms with E-state index in [9.17, 15) is 9.59 Å². The van der Waals surface area contributed by atoms with Gasteiger partial charge in [0.1, 0.15) is 6.04 Å². The first-order valence-corrected chi connectivity index (χ1v) is 4.31. The summed E-state index contributed by atoms with van der Waals surface area (Å²) >= 11 is 5.12. The number of hydrogen-bond donors (Lipinski definition) is 1. The molecule has 5 nitrogen and oxygen atoms in total. The minimum absolute atomic E-state index is 0.249. The fraction of sp³-hybridized carbons (Fsp3) is 0.714. The Morgan fingerprint density at radius 1 is 1.46 bits per heavy atom. The number of hydrogen-bond acceptors (Lipinski definition) is 4. The van der Waals surface area contributed by atoms with Gasteiger partial charge in [0.2, 0.25) is 0 Å². The lowest BCUT2D eigenvalue weighted by Crippen LogP contribution is -2.39. The third-order valence-corrected chi connectivity index (χ3v) is 1.27. The number of alkyl carbamates (subject to hydrolysis) is 1. The summed E-state index contributed by atoms with van der Waals surface area (Å²) in [5.41, 5.74) is 0. The molecule has 0 bridgehead atoms. The first-order chi connectivity index (χ1) is 6.11. The van der Waals surface area contributed by atoms with E-state index in [-0.39, 0.29) is 12.7 Å². The molecule has 0 heterocycles. The third kappa shape index (κ3) is 5.30. The van der Waals surface area contributed by atoms with Gasteiger partial charge in [-0.1, -0.05) is 11.6 Å². The second-order valence-electron chi connectivity index (χ2n) is 2.16. The molecule has 6 heteroatoms. The first-order valence-electron chi connectivity index (χ1n) is 3.77. The van der Waals surface area contributed by atoms with Gasteiger partial charge in [-0.15, -0.1) is 0 Å². The number of esters is 1. The predicted octanol–water partition coefficient (Wildman–Crippen LogP) is 0.861. The average molecular weight is 210 g/mol. The Morgan fingerprint density at radius 3 is 2.54 bits per heavy atom. The van der Waals surface area contributed by atoms with Gasteiger partial charge < -0.3 is 14.8 Å². The molecule has 1 unspecified atom stereocenters. The summed E-state index contributed by atoms with van der Waals surface area (Å²) in [6, 6.07) is -0.975. The number of alkyl halides is 1. The molecule has 0 aromatic rings. The lowest BCUT2D eigenvalue weighted by molar-refractivity contribution is -0.145. The van der Waals surface area contributed by atoms with Crippen molar-refractivity contribution in [3.05, 3.63) is 0 Å². The number of carbonyl (C=O) groups is 2. The monoisotopic (exact) mass is 209 g/mol. The summed E-state index contributed by atoms with van der Waals surface area (Å²) < 4.78 is 8.99. The van der Waals surface area contributed by atoms with E-state index in [1.807, 2.05) is 0 Å². The van der Waals surface area contributed by atoms with Gasteiger partial charge in [0.15, 0.2) is 6.07 Å². The van der Waals surface area contributed by atoms with E-state index < -0.39 is 18.1 Å². The van der Waals surface area contributed by atoms with Crippen LogP contribution in [0.15, 0.2) is 0 Å². The standard InChI is InChI=1S/C7H12ClNO4/c1-3-12-6(10)5(2)9-7(11)13-4-8/h5H,3-4H2,1-2H3,(H,9,11). The molecule has 1 atom stereocenters. The first kappa shape index (κ1) is 12.0. The molecule has 0 saturated carbocycles. The number of rotatable bonds is 4. The maximum Gasteiger partial charge on any atom is 0.409 e. The number of ether oxygens (including phenoxy) is 2. The second kappa shape index (κ2) is 6.54. The minimum atomic E-state index is -0.740. The van der Waals surface area contributed by atoms with Gasteiger partial charge in [-0.3, -0.25) is 0 Å². The van der Waals surface area contributed by atoms with Gasteiger partial charge in [0.05, 0.1) is 6.61 Å². The van der Waals surface area contributed by atoms with Crippen LogP contribution >= 0.6 is 11.6 Å². The fourth-order valence-corrected chi connectivity index (χ4v) is 0.693. The zero-order valence-electron chi connectivity index (χ0n) is 7.50. The summed E-state index contributed by atoms with van der Waals surface area (Å²) in [6.07, 6.45) is -0.740. The van der Waals surface area contributed by atoms with Crippen molar-refractivity contribution in [2.24, 2.45) is 0 Å². The molecule has 0 rings (SSSR count). The molecule has 0 aromatic heterocycles. The van der Waals surface area contributed by atoms with Crippen LogP contribution in [-0.4, -0.2) is 30.8 Å². The average Bonchev–Trinajstić information content (AvgIpc) is 2.05. The molecule has 1 amide bonds. The Hall–Kier alpha value is -0.970. The predicted molar refractivity (Wildman–Crippen MR) is 46.4 cm³/mol. The number of amides is 1. The van der Waals surface area contributed by atoms with Crippen LogP contribution in [0, 0.1) is 0 Å². The molecular formula is C7H12ClNO4. The van der Waals surface area contributed by atoms with Crippen molar-refractivity contribution in [2.45, 2.75) is 19.9 Å². The number of halogens is 1. The molecule has 0 fully saturated rings. The van der Waals surface area contributed by atoms with Gasteiger partial charge in [-0.2, -0.15) is 0 Å². The van der Waals surface area contributed by atoms with Crippen LogP contribution in [0.25, 0.3) is 0 Å². The molecule has 0 spiro atoms. The molecule has 76 valence electrons. The Labute approximate surface area is 81.3 Å². The quantitative estimate of drug-likeness (QED) is 0.551. The van der Waals surface area contributed by atoms with Crippen molar-refractivity contribution in [2.75, 3.05) is 12.7 Å². The van der Waals surface area contributed by atoms with Crippen LogP contribution in [-0.2, 0) is 14.3 Å². The minimum Gasteiger partial charge on any atom is -0.464 e. The third-order valence-electron chi connectivity index (χ3n) is 1.16. The molecule has 0 aliphatic carbocycles. The van der Waals surface area contributed by atoms with Crippen molar-refractivity contribution >= 4 is 23.7 Å². The summed E-state index contributed by atoms with van der Waals surface area (Å²) in [4.78, 5) is 21.7. The Morgan fingerprint density at radius 2 is 2.08 bits per heavy atom. The smallest absolute Gasteiger partial charge is 0.409 e. The van der Waals surface area contributed by atoms with E-state index in [0.29, 0.717) is 0 Å². The van der Waals surface area contributed by atoms with Crippen LogP contribution in [0.3, 0.4) is 0 Å². The molecule has 13 heavy (non-hydrogen) atoms. The largest absolute Gasteiger partial charge is 0.464 e. The Bertz CT molecular complexity index is 185. The summed E-state index contributed by atoms with van der Waals surface area (Å²) in [7, 11) is 0. The lowest BCUT2D eigenvalue weighted by atomic mass is 10.3. The van der Waals surface area contributed by atoms with Gasteiger partial charge >= 0.3 is 12.1 Å². The van der Waals surface area contributed by atoms with Crippen molar-refractivity contribution in [1.29, 1.82) is 0 Å². The maximum absolute atomic E-state index is 11.0. The van der Waals surface area contributed by atoms with E-state index in [0.717, 1.165) is 0 Å². The van der Waals surface area contributed by atoms with E-state index in [1.165, 1.54) is 6.92 Å². The zero-order chi connectivity index (χ0) is 10.3. The highest BCUT2D eigenvalue weighted by Gasteiger charge is 2.16. The Kier molecular flexibility index (Phi) is 6.05. The molecule has 0 radical (unpaired) electrons. The van der Waals surface area contributed by atoms with Gasteiger partial charge in [-0.05, 0) is 13.8 Å². The summed E-state index contributed by atoms with van der Waals surface area (Å²) in [6.45, 7) is 3.45. The summed E-state index contributed by atoms with van der Waals surface area (Å²) in [5.74, 6) is -0.506. The van der Waals surface area contributed by atoms with Gasteiger partial charge in [0.25, 0.3) is 0 Å². The molecule has 0 saturated heterocycles. The van der Waals surface area contributed by atoms with Crippen molar-refractivity contribution in [3.63, 3.8) is 0 Å². The molecule has 1 N–H and O–H groups in total. The highest BCUT2D eigenvalue weighted by molar-refractivity contribution is 6.17. The van der Waals surface area contributed by atoms with Crippen LogP contribution in [0.5, 0.6) is 0 Å². The lowest BCUT2D eigenvalue weighted by Gasteiger charge is -2.11. The van der Waals surface area contributed by atoms with Crippen LogP contribution < -0.4 is 5.32 Å². The number of carbonyl (C=O) groups excluding carboxylic acids is 2. The SMILES string of the molecule is CCOC(=O)C(C)NC(=O)OCCl. The van der Waals surface area contributed by atoms with Gasteiger partial charge in [0, 0.05) is 0 Å². The highest BCUT2D eigenvalue weighted by Crippen LogP contribution is 1.90. The molecule has 0 aliphatic heterocycles. The van der Waals surface area contributed by atoms with Crippen molar-refractivity contribution < 1.29 is 19.1 Å². The molecule has 0 aliphatic rings. The van der Waals surface area contributed by atoms with Gasteiger partial charge in [-0.25, -0.2) is 9.59 Å². The van der Waals surface area contributed by atoms with Crippen molar-refractivity contribution in [1.82, 2.24) is 5.32 Å². The molecule has 0 aromatic carbocycles.